The number of nitrogens with one attached hydrogen (secondary N) is 1. The van der Waals surface area contributed by atoms with Gasteiger partial charge in [0.2, 0.25) is 11.8 Å². The van der Waals surface area contributed by atoms with Crippen molar-refractivity contribution in [3.05, 3.63) is 23.2 Å². The maximum absolute atomic E-state index is 12.9. The lowest BCUT2D eigenvalue weighted by Crippen LogP contribution is -2.58. The molecule has 3 aliphatic rings. The largest absolute Gasteiger partial charge is 0.573 e. The van der Waals surface area contributed by atoms with Crippen molar-refractivity contribution in [3.8, 4) is 5.75 Å². The SMILES string of the molecule is CC1C(=O)N(CCCC(=O)N2CCC3(CC3)C(O)C2)CCN1C(=O)Nc1ccc(Cl)c(OC(F)(F)F)c1. The molecule has 4 rings (SSSR count). The molecule has 2 N–H and O–H groups in total. The van der Waals surface area contributed by atoms with Crippen molar-refractivity contribution in [2.24, 2.45) is 5.41 Å². The number of piperidine rings is 1. The van der Waals surface area contributed by atoms with E-state index in [-0.39, 0.29) is 47.4 Å². The predicted molar refractivity (Wildman–Crippen MR) is 128 cm³/mol. The van der Waals surface area contributed by atoms with E-state index in [0.29, 0.717) is 26.1 Å². The third-order valence-electron chi connectivity index (χ3n) is 7.46. The van der Waals surface area contributed by atoms with E-state index in [1.807, 2.05) is 0 Å². The van der Waals surface area contributed by atoms with Crippen LogP contribution in [0.5, 0.6) is 5.75 Å². The maximum atomic E-state index is 12.9. The van der Waals surface area contributed by atoms with Gasteiger partial charge in [0.25, 0.3) is 0 Å². The van der Waals surface area contributed by atoms with Crippen LogP contribution in [0.1, 0.15) is 39.0 Å². The number of nitrogens with zero attached hydrogens (tertiary/aromatic N) is 3. The van der Waals surface area contributed by atoms with E-state index in [1.165, 1.54) is 17.0 Å². The Morgan fingerprint density at radius 2 is 1.95 bits per heavy atom. The standard InChI is InChI=1S/C24H30ClF3N4O5/c1-15-21(35)30(9-2-3-20(34)31-10-8-23(6-7-23)19(33)14-31)11-12-32(15)22(36)29-16-4-5-17(25)18(13-16)37-24(26,27)28/h4-5,13,15,19,33H,2-3,6-12,14H2,1H3,(H,29,36). The van der Waals surface area contributed by atoms with Crippen molar-refractivity contribution in [1.82, 2.24) is 14.7 Å². The summed E-state index contributed by atoms with van der Waals surface area (Å²) in [4.78, 5) is 42.8. The fourth-order valence-corrected chi connectivity index (χ4v) is 5.13. The summed E-state index contributed by atoms with van der Waals surface area (Å²) in [6, 6.07) is 2.01. The average Bonchev–Trinajstić information content (AvgIpc) is 3.60. The lowest BCUT2D eigenvalue weighted by Gasteiger charge is -2.39. The molecule has 1 aromatic carbocycles. The summed E-state index contributed by atoms with van der Waals surface area (Å²) in [6.07, 6.45) is -1.81. The molecule has 2 atom stereocenters. The minimum Gasteiger partial charge on any atom is -0.404 e. The third-order valence-corrected chi connectivity index (χ3v) is 7.77. The van der Waals surface area contributed by atoms with Gasteiger partial charge in [-0.25, -0.2) is 4.79 Å². The van der Waals surface area contributed by atoms with Crippen LogP contribution in [0, 0.1) is 5.41 Å². The molecule has 1 saturated carbocycles. The highest BCUT2D eigenvalue weighted by molar-refractivity contribution is 6.32. The fourth-order valence-electron chi connectivity index (χ4n) is 4.98. The first-order valence-corrected chi connectivity index (χ1v) is 12.6. The number of alkyl halides is 3. The zero-order chi connectivity index (χ0) is 27.0. The number of ether oxygens (including phenoxy) is 1. The number of rotatable bonds is 6. The number of amides is 4. The van der Waals surface area contributed by atoms with Gasteiger partial charge in [0.15, 0.2) is 0 Å². The smallest absolute Gasteiger partial charge is 0.404 e. The molecule has 2 unspecified atom stereocenters. The van der Waals surface area contributed by atoms with Gasteiger partial charge in [0.1, 0.15) is 11.8 Å². The van der Waals surface area contributed by atoms with E-state index in [1.54, 1.807) is 16.7 Å². The lowest BCUT2D eigenvalue weighted by molar-refractivity contribution is -0.274. The summed E-state index contributed by atoms with van der Waals surface area (Å²) in [5.41, 5.74) is 0.0579. The molecular weight excluding hydrogens is 517 g/mol. The van der Waals surface area contributed by atoms with Gasteiger partial charge in [-0.2, -0.15) is 0 Å². The van der Waals surface area contributed by atoms with E-state index in [2.05, 4.69) is 10.1 Å². The van der Waals surface area contributed by atoms with Gasteiger partial charge in [-0.1, -0.05) is 11.6 Å². The first-order chi connectivity index (χ1) is 17.4. The third kappa shape index (κ3) is 6.40. The molecular formula is C24H30ClF3N4O5. The molecule has 2 aliphatic heterocycles. The molecule has 37 heavy (non-hydrogen) atoms. The zero-order valence-corrected chi connectivity index (χ0v) is 21.1. The number of hydrogen-bond donors (Lipinski definition) is 2. The number of piperazine rings is 1. The molecule has 9 nitrogen and oxygen atoms in total. The molecule has 0 aromatic heterocycles. The molecule has 1 aliphatic carbocycles. The number of carbonyl (C=O) groups is 3. The van der Waals surface area contributed by atoms with Crippen LogP contribution in [0.3, 0.4) is 0 Å². The number of benzene rings is 1. The normalized spacial score (nSPS) is 23.3. The number of urea groups is 1. The van der Waals surface area contributed by atoms with Crippen LogP contribution >= 0.6 is 11.6 Å². The molecule has 2 saturated heterocycles. The van der Waals surface area contributed by atoms with Gasteiger partial charge in [-0.15, -0.1) is 13.2 Å². The number of halogens is 4. The van der Waals surface area contributed by atoms with Crippen LogP contribution in [-0.4, -0.2) is 88.9 Å². The van der Waals surface area contributed by atoms with Gasteiger partial charge in [0, 0.05) is 50.9 Å². The van der Waals surface area contributed by atoms with Crippen molar-refractivity contribution in [1.29, 1.82) is 0 Å². The van der Waals surface area contributed by atoms with Crippen LogP contribution in [0.25, 0.3) is 0 Å². The number of likely N-dealkylation sites (tertiary alicyclic amines) is 1. The van der Waals surface area contributed by atoms with Crippen molar-refractivity contribution >= 4 is 35.1 Å². The highest BCUT2D eigenvalue weighted by Crippen LogP contribution is 2.53. The number of carbonyl (C=O) groups excluding carboxylic acids is 3. The van der Waals surface area contributed by atoms with Crippen LogP contribution in [-0.2, 0) is 9.59 Å². The Labute approximate surface area is 217 Å². The Bertz CT molecular complexity index is 1050. The molecule has 0 radical (unpaired) electrons. The zero-order valence-electron chi connectivity index (χ0n) is 20.4. The van der Waals surface area contributed by atoms with Crippen molar-refractivity contribution in [3.63, 3.8) is 0 Å². The molecule has 204 valence electrons. The van der Waals surface area contributed by atoms with E-state index < -0.39 is 30.3 Å². The Kier molecular flexibility index (Phi) is 7.80. The van der Waals surface area contributed by atoms with Crippen molar-refractivity contribution < 1.29 is 37.4 Å². The van der Waals surface area contributed by atoms with Crippen LogP contribution in [0.2, 0.25) is 5.02 Å². The quantitative estimate of drug-likeness (QED) is 0.569. The first-order valence-electron chi connectivity index (χ1n) is 12.3. The second kappa shape index (κ2) is 10.6. The Balaban J connectivity index is 1.24. The molecule has 0 bridgehead atoms. The van der Waals surface area contributed by atoms with Crippen molar-refractivity contribution in [2.75, 3.05) is 38.0 Å². The van der Waals surface area contributed by atoms with Gasteiger partial charge in [-0.05, 0) is 50.2 Å². The highest BCUT2D eigenvalue weighted by Gasteiger charge is 2.51. The minimum absolute atomic E-state index is 0.0258. The second-order valence-electron chi connectivity index (χ2n) is 9.89. The topological polar surface area (TPSA) is 102 Å². The summed E-state index contributed by atoms with van der Waals surface area (Å²) < 4.78 is 41.5. The fraction of sp³-hybridized carbons (Fsp3) is 0.625. The summed E-state index contributed by atoms with van der Waals surface area (Å²) in [5, 5.41) is 12.5. The van der Waals surface area contributed by atoms with Crippen LogP contribution in [0.15, 0.2) is 18.2 Å². The Hall–Kier alpha value is -2.73. The van der Waals surface area contributed by atoms with E-state index in [4.69, 9.17) is 11.6 Å². The summed E-state index contributed by atoms with van der Waals surface area (Å²) in [5.74, 6) is -0.971. The Morgan fingerprint density at radius 1 is 1.22 bits per heavy atom. The number of aliphatic hydroxyl groups is 1. The van der Waals surface area contributed by atoms with Crippen molar-refractivity contribution in [2.45, 2.75) is 57.5 Å². The van der Waals surface area contributed by atoms with E-state index in [9.17, 15) is 32.7 Å². The summed E-state index contributed by atoms with van der Waals surface area (Å²) in [6.45, 7) is 3.42. The molecule has 1 aromatic rings. The summed E-state index contributed by atoms with van der Waals surface area (Å²) >= 11 is 5.74. The highest BCUT2D eigenvalue weighted by atomic mass is 35.5. The summed E-state index contributed by atoms with van der Waals surface area (Å²) in [7, 11) is 0. The van der Waals surface area contributed by atoms with Crippen LogP contribution < -0.4 is 10.1 Å². The average molecular weight is 547 g/mol. The monoisotopic (exact) mass is 546 g/mol. The number of anilines is 1. The number of β-amino-alcohol motifs (C(OH)–C–C–N with tert-alkyl or cyclic N) is 1. The minimum atomic E-state index is -4.94. The van der Waals surface area contributed by atoms with Gasteiger partial charge in [0.05, 0.1) is 11.1 Å². The lowest BCUT2D eigenvalue weighted by atomic mass is 9.90. The first kappa shape index (κ1) is 27.3. The second-order valence-corrected chi connectivity index (χ2v) is 10.3. The molecule has 1 spiro atoms. The predicted octanol–water partition coefficient (Wildman–Crippen LogP) is 3.46. The number of hydrogen-bond acceptors (Lipinski definition) is 5. The van der Waals surface area contributed by atoms with Gasteiger partial charge >= 0.3 is 12.4 Å². The van der Waals surface area contributed by atoms with Gasteiger partial charge in [-0.3, -0.25) is 9.59 Å². The Morgan fingerprint density at radius 3 is 2.59 bits per heavy atom. The number of aliphatic hydroxyl groups excluding tert-OH is 1. The van der Waals surface area contributed by atoms with E-state index >= 15 is 0 Å². The molecule has 3 fully saturated rings. The maximum Gasteiger partial charge on any atom is 0.573 e. The molecule has 2 heterocycles. The van der Waals surface area contributed by atoms with Gasteiger partial charge < -0.3 is 29.9 Å². The van der Waals surface area contributed by atoms with Crippen LogP contribution in [0.4, 0.5) is 23.7 Å². The molecule has 13 heteroatoms. The van der Waals surface area contributed by atoms with E-state index in [0.717, 1.165) is 25.3 Å². The molecule has 4 amide bonds.